The van der Waals surface area contributed by atoms with Crippen LogP contribution in [0.15, 0.2) is 6.20 Å². The highest BCUT2D eigenvalue weighted by Crippen LogP contribution is 2.19. The van der Waals surface area contributed by atoms with Crippen molar-refractivity contribution in [1.82, 2.24) is 9.88 Å². The van der Waals surface area contributed by atoms with Crippen LogP contribution in [-0.4, -0.2) is 41.2 Å². The van der Waals surface area contributed by atoms with Crippen molar-refractivity contribution < 1.29 is 5.11 Å². The van der Waals surface area contributed by atoms with Crippen LogP contribution in [0.25, 0.3) is 0 Å². The highest BCUT2D eigenvalue weighted by atomic mass is 32.1. The van der Waals surface area contributed by atoms with Gasteiger partial charge in [0.05, 0.1) is 6.10 Å². The van der Waals surface area contributed by atoms with Crippen molar-refractivity contribution in [1.29, 1.82) is 0 Å². The molecule has 2 N–H and O–H groups in total. The third-order valence-electron chi connectivity index (χ3n) is 2.08. The number of likely N-dealkylation sites (N-methyl/N-ethyl adjacent to an activating group) is 1. The summed E-state index contributed by atoms with van der Waals surface area (Å²) < 4.78 is 0. The minimum Gasteiger partial charge on any atom is -0.392 e. The number of aliphatic hydroxyl groups is 1. The van der Waals surface area contributed by atoms with Gasteiger partial charge in [-0.25, -0.2) is 4.98 Å². The lowest BCUT2D eigenvalue weighted by Gasteiger charge is -2.16. The standard InChI is InChI=1S/C11H21N3OS/c1-4-5-12-11-13-6-10(16-11)8-14(3)7-9(2)15/h6,9,15H,4-5,7-8H2,1-3H3,(H,12,13). The molecule has 0 aliphatic carbocycles. The van der Waals surface area contributed by atoms with Gasteiger partial charge >= 0.3 is 0 Å². The second-order valence-electron chi connectivity index (χ2n) is 4.10. The van der Waals surface area contributed by atoms with Crippen LogP contribution in [0.3, 0.4) is 0 Å². The smallest absolute Gasteiger partial charge is 0.182 e. The van der Waals surface area contributed by atoms with Crippen molar-refractivity contribution in [3.63, 3.8) is 0 Å². The lowest BCUT2D eigenvalue weighted by molar-refractivity contribution is 0.139. The molecule has 0 amide bonds. The zero-order chi connectivity index (χ0) is 12.0. The maximum absolute atomic E-state index is 9.26. The normalized spacial score (nSPS) is 13.1. The Kier molecular flexibility index (Phi) is 5.73. The summed E-state index contributed by atoms with van der Waals surface area (Å²) in [5.74, 6) is 0. The Balaban J connectivity index is 2.39. The average Bonchev–Trinajstić information content (AvgIpc) is 2.61. The number of thiazole rings is 1. The van der Waals surface area contributed by atoms with E-state index in [2.05, 4.69) is 22.1 Å². The molecule has 0 saturated heterocycles. The first kappa shape index (κ1) is 13.4. The van der Waals surface area contributed by atoms with Gasteiger partial charge in [0.15, 0.2) is 5.13 Å². The fraction of sp³-hybridized carbons (Fsp3) is 0.727. The van der Waals surface area contributed by atoms with E-state index in [9.17, 15) is 5.11 Å². The average molecular weight is 243 g/mol. The molecule has 1 unspecified atom stereocenters. The van der Waals surface area contributed by atoms with Crippen molar-refractivity contribution in [3.05, 3.63) is 11.1 Å². The molecule has 1 atom stereocenters. The Bertz CT molecular complexity index is 301. The second kappa shape index (κ2) is 6.83. The molecule has 0 aliphatic heterocycles. The molecule has 0 spiro atoms. The predicted molar refractivity (Wildman–Crippen MR) is 68.9 cm³/mol. The van der Waals surface area contributed by atoms with Crippen molar-refractivity contribution in [2.45, 2.75) is 32.9 Å². The number of hydrogen-bond acceptors (Lipinski definition) is 5. The Morgan fingerprint density at radius 3 is 3.00 bits per heavy atom. The molecule has 0 radical (unpaired) electrons. The van der Waals surface area contributed by atoms with Crippen LogP contribution in [0, 0.1) is 0 Å². The predicted octanol–water partition coefficient (Wildman–Crippen LogP) is 1.78. The largest absolute Gasteiger partial charge is 0.392 e. The molecule has 0 bridgehead atoms. The van der Waals surface area contributed by atoms with E-state index in [1.807, 2.05) is 13.2 Å². The molecule has 16 heavy (non-hydrogen) atoms. The molecular weight excluding hydrogens is 222 g/mol. The van der Waals surface area contributed by atoms with Crippen molar-refractivity contribution in [2.24, 2.45) is 0 Å². The molecule has 0 fully saturated rings. The first-order chi connectivity index (χ1) is 7.61. The minimum absolute atomic E-state index is 0.282. The van der Waals surface area contributed by atoms with Gasteiger partial charge in [-0.3, -0.25) is 4.90 Å². The number of rotatable bonds is 7. The van der Waals surface area contributed by atoms with Gasteiger partial charge in [0.25, 0.3) is 0 Å². The minimum atomic E-state index is -0.282. The maximum Gasteiger partial charge on any atom is 0.182 e. The fourth-order valence-corrected chi connectivity index (χ4v) is 2.39. The fourth-order valence-electron chi connectivity index (χ4n) is 1.48. The van der Waals surface area contributed by atoms with Gasteiger partial charge in [-0.1, -0.05) is 6.92 Å². The zero-order valence-electron chi connectivity index (χ0n) is 10.2. The third kappa shape index (κ3) is 4.92. The van der Waals surface area contributed by atoms with E-state index in [1.54, 1.807) is 18.3 Å². The first-order valence-electron chi connectivity index (χ1n) is 5.67. The summed E-state index contributed by atoms with van der Waals surface area (Å²) in [5.41, 5.74) is 0. The summed E-state index contributed by atoms with van der Waals surface area (Å²) in [6, 6.07) is 0. The summed E-state index contributed by atoms with van der Waals surface area (Å²) in [7, 11) is 2.01. The summed E-state index contributed by atoms with van der Waals surface area (Å²) in [5, 5.41) is 13.5. The van der Waals surface area contributed by atoms with Gasteiger partial charge in [0, 0.05) is 30.7 Å². The van der Waals surface area contributed by atoms with Gasteiger partial charge in [-0.05, 0) is 20.4 Å². The van der Waals surface area contributed by atoms with Crippen molar-refractivity contribution in [3.8, 4) is 0 Å². The second-order valence-corrected chi connectivity index (χ2v) is 5.22. The van der Waals surface area contributed by atoms with Gasteiger partial charge in [-0.15, -0.1) is 11.3 Å². The highest BCUT2D eigenvalue weighted by Gasteiger charge is 2.06. The Hall–Kier alpha value is -0.650. The molecule has 0 aliphatic rings. The summed E-state index contributed by atoms with van der Waals surface area (Å²) >= 11 is 1.68. The monoisotopic (exact) mass is 243 g/mol. The Morgan fingerprint density at radius 1 is 1.62 bits per heavy atom. The van der Waals surface area contributed by atoms with Gasteiger partial charge in [-0.2, -0.15) is 0 Å². The maximum atomic E-state index is 9.26. The summed E-state index contributed by atoms with van der Waals surface area (Å²) in [6.07, 6.45) is 2.73. The number of hydrogen-bond donors (Lipinski definition) is 2. The van der Waals surface area contributed by atoms with E-state index in [0.717, 1.165) is 24.6 Å². The highest BCUT2D eigenvalue weighted by molar-refractivity contribution is 7.15. The van der Waals surface area contributed by atoms with Crippen LogP contribution < -0.4 is 5.32 Å². The number of nitrogens with one attached hydrogen (secondary N) is 1. The number of nitrogens with zero attached hydrogens (tertiary/aromatic N) is 2. The van der Waals surface area contributed by atoms with Gasteiger partial charge in [0.2, 0.25) is 0 Å². The molecular formula is C11H21N3OS. The SMILES string of the molecule is CCCNc1ncc(CN(C)CC(C)O)s1. The Labute approximate surface area is 101 Å². The molecule has 1 rings (SSSR count). The lowest BCUT2D eigenvalue weighted by atomic mass is 10.3. The molecule has 0 saturated carbocycles. The van der Waals surface area contributed by atoms with Gasteiger partial charge in [0.1, 0.15) is 0 Å². The Morgan fingerprint density at radius 2 is 2.38 bits per heavy atom. The van der Waals surface area contributed by atoms with Crippen LogP contribution in [0.4, 0.5) is 5.13 Å². The molecule has 0 aromatic carbocycles. The molecule has 1 aromatic heterocycles. The van der Waals surface area contributed by atoms with E-state index < -0.39 is 0 Å². The number of anilines is 1. The quantitative estimate of drug-likeness (QED) is 0.766. The lowest BCUT2D eigenvalue weighted by Crippen LogP contribution is -2.26. The zero-order valence-corrected chi connectivity index (χ0v) is 11.0. The molecule has 5 heteroatoms. The topological polar surface area (TPSA) is 48.4 Å². The van der Waals surface area contributed by atoms with Crippen LogP contribution in [0.2, 0.25) is 0 Å². The van der Waals surface area contributed by atoms with Crippen molar-refractivity contribution in [2.75, 3.05) is 25.5 Å². The van der Waals surface area contributed by atoms with Crippen LogP contribution in [0.1, 0.15) is 25.1 Å². The van der Waals surface area contributed by atoms with E-state index in [0.29, 0.717) is 6.54 Å². The van der Waals surface area contributed by atoms with E-state index in [1.165, 1.54) is 4.88 Å². The van der Waals surface area contributed by atoms with Crippen molar-refractivity contribution >= 4 is 16.5 Å². The van der Waals surface area contributed by atoms with E-state index >= 15 is 0 Å². The van der Waals surface area contributed by atoms with Crippen LogP contribution >= 0.6 is 11.3 Å². The molecule has 1 heterocycles. The summed E-state index contributed by atoms with van der Waals surface area (Å²) in [6.45, 7) is 6.44. The van der Waals surface area contributed by atoms with E-state index in [4.69, 9.17) is 0 Å². The summed E-state index contributed by atoms with van der Waals surface area (Å²) in [4.78, 5) is 7.63. The van der Waals surface area contributed by atoms with Gasteiger partial charge < -0.3 is 10.4 Å². The first-order valence-corrected chi connectivity index (χ1v) is 6.48. The van der Waals surface area contributed by atoms with E-state index in [-0.39, 0.29) is 6.10 Å². The van der Waals surface area contributed by atoms with Crippen LogP contribution in [0.5, 0.6) is 0 Å². The number of aromatic nitrogens is 1. The molecule has 92 valence electrons. The van der Waals surface area contributed by atoms with Crippen LogP contribution in [-0.2, 0) is 6.54 Å². The number of aliphatic hydroxyl groups excluding tert-OH is 1. The molecule has 4 nitrogen and oxygen atoms in total. The third-order valence-corrected chi connectivity index (χ3v) is 3.02. The molecule has 1 aromatic rings.